The molecule has 0 N–H and O–H groups in total. The lowest BCUT2D eigenvalue weighted by Gasteiger charge is -1.99. The molecule has 0 amide bonds. The SMILES string of the molecule is C=C(C)C(=O)OCCC=C=O. The zero-order valence-corrected chi connectivity index (χ0v) is 6.42. The van der Waals surface area contributed by atoms with Crippen molar-refractivity contribution < 1.29 is 14.3 Å². The Kier molecular flexibility index (Phi) is 4.78. The first-order valence-corrected chi connectivity index (χ1v) is 3.20. The van der Waals surface area contributed by atoms with Crippen LogP contribution in [0.1, 0.15) is 13.3 Å². The molecular weight excluding hydrogens is 144 g/mol. The summed E-state index contributed by atoms with van der Waals surface area (Å²) in [6.07, 6.45) is 1.67. The zero-order chi connectivity index (χ0) is 8.69. The second-order valence-electron chi connectivity index (χ2n) is 2.03. The zero-order valence-electron chi connectivity index (χ0n) is 6.42. The van der Waals surface area contributed by atoms with Gasteiger partial charge >= 0.3 is 5.97 Å². The normalized spacial score (nSPS) is 8.09. The molecule has 0 aliphatic heterocycles. The number of carbonyl (C=O) groups is 1. The van der Waals surface area contributed by atoms with Crippen LogP contribution in [0.4, 0.5) is 0 Å². The van der Waals surface area contributed by atoms with Crippen LogP contribution in [-0.4, -0.2) is 18.5 Å². The lowest BCUT2D eigenvalue weighted by molar-refractivity contribution is -0.138. The predicted molar refractivity (Wildman–Crippen MR) is 40.7 cm³/mol. The van der Waals surface area contributed by atoms with Gasteiger partial charge in [0.05, 0.1) is 6.61 Å². The van der Waals surface area contributed by atoms with Gasteiger partial charge in [-0.1, -0.05) is 6.58 Å². The fraction of sp³-hybridized carbons (Fsp3) is 0.375. The van der Waals surface area contributed by atoms with Gasteiger partial charge in [0.25, 0.3) is 0 Å². The quantitative estimate of drug-likeness (QED) is 0.261. The van der Waals surface area contributed by atoms with Gasteiger partial charge in [-0.2, -0.15) is 0 Å². The van der Waals surface area contributed by atoms with Crippen LogP contribution >= 0.6 is 0 Å². The summed E-state index contributed by atoms with van der Waals surface area (Å²) in [6, 6.07) is 0. The van der Waals surface area contributed by atoms with Crippen LogP contribution in [0.3, 0.4) is 0 Å². The van der Waals surface area contributed by atoms with Crippen LogP contribution < -0.4 is 0 Å². The lowest BCUT2D eigenvalue weighted by Crippen LogP contribution is -2.05. The molecule has 11 heavy (non-hydrogen) atoms. The van der Waals surface area contributed by atoms with Crippen LogP contribution in [0.25, 0.3) is 0 Å². The van der Waals surface area contributed by atoms with Crippen molar-refractivity contribution in [1.29, 1.82) is 0 Å². The van der Waals surface area contributed by atoms with Crippen molar-refractivity contribution >= 4 is 11.9 Å². The average molecular weight is 154 g/mol. The molecule has 0 spiro atoms. The highest BCUT2D eigenvalue weighted by molar-refractivity contribution is 5.86. The van der Waals surface area contributed by atoms with Crippen molar-refractivity contribution in [3.63, 3.8) is 0 Å². The third-order valence-electron chi connectivity index (χ3n) is 0.927. The third kappa shape index (κ3) is 5.12. The van der Waals surface area contributed by atoms with Gasteiger partial charge in [-0.25, -0.2) is 9.59 Å². The van der Waals surface area contributed by atoms with E-state index in [4.69, 9.17) is 0 Å². The molecule has 0 rings (SSSR count). The molecule has 0 radical (unpaired) electrons. The highest BCUT2D eigenvalue weighted by atomic mass is 16.5. The fourth-order valence-corrected chi connectivity index (χ4v) is 0.393. The van der Waals surface area contributed by atoms with Crippen molar-refractivity contribution in [2.24, 2.45) is 0 Å². The molecule has 0 saturated carbocycles. The van der Waals surface area contributed by atoms with Gasteiger partial charge in [-0.15, -0.1) is 0 Å². The van der Waals surface area contributed by atoms with Crippen molar-refractivity contribution in [3.05, 3.63) is 18.2 Å². The fourth-order valence-electron chi connectivity index (χ4n) is 0.393. The molecule has 0 fully saturated rings. The minimum absolute atomic E-state index is 0.209. The Morgan fingerprint density at radius 1 is 1.73 bits per heavy atom. The number of hydrogen-bond donors (Lipinski definition) is 0. The summed E-state index contributed by atoms with van der Waals surface area (Å²) >= 11 is 0. The summed E-state index contributed by atoms with van der Waals surface area (Å²) in [7, 11) is 0. The molecular formula is C8H10O3. The van der Waals surface area contributed by atoms with Crippen molar-refractivity contribution in [2.45, 2.75) is 13.3 Å². The summed E-state index contributed by atoms with van der Waals surface area (Å²) in [5.74, 6) is 1.16. The Hall–Kier alpha value is -1.34. The van der Waals surface area contributed by atoms with E-state index < -0.39 is 5.97 Å². The van der Waals surface area contributed by atoms with Gasteiger partial charge in [-0.3, -0.25) is 0 Å². The summed E-state index contributed by atoms with van der Waals surface area (Å²) in [5.41, 5.74) is 0.361. The molecule has 0 bridgehead atoms. The summed E-state index contributed by atoms with van der Waals surface area (Å²) in [6.45, 7) is 5.17. The number of rotatable bonds is 4. The Bertz CT molecular complexity index is 199. The maximum absolute atomic E-state index is 10.7. The van der Waals surface area contributed by atoms with Crippen LogP contribution in [-0.2, 0) is 14.3 Å². The molecule has 60 valence electrons. The minimum atomic E-state index is -0.427. The molecule has 3 nitrogen and oxygen atoms in total. The molecule has 0 heterocycles. The van der Waals surface area contributed by atoms with E-state index in [1.807, 2.05) is 0 Å². The minimum Gasteiger partial charge on any atom is -0.462 e. The van der Waals surface area contributed by atoms with Crippen LogP contribution in [0.5, 0.6) is 0 Å². The molecule has 0 aromatic heterocycles. The first kappa shape index (κ1) is 9.66. The molecule has 0 aliphatic rings. The van der Waals surface area contributed by atoms with Crippen LogP contribution in [0.15, 0.2) is 18.2 Å². The molecule has 0 aromatic rings. The van der Waals surface area contributed by atoms with E-state index in [9.17, 15) is 9.59 Å². The monoisotopic (exact) mass is 154 g/mol. The summed E-state index contributed by atoms with van der Waals surface area (Å²) < 4.78 is 4.66. The van der Waals surface area contributed by atoms with Crippen molar-refractivity contribution in [1.82, 2.24) is 0 Å². The van der Waals surface area contributed by atoms with E-state index >= 15 is 0 Å². The Morgan fingerprint density at radius 3 is 2.82 bits per heavy atom. The highest BCUT2D eigenvalue weighted by Gasteiger charge is 2.00. The number of ether oxygens (including phenoxy) is 1. The second-order valence-corrected chi connectivity index (χ2v) is 2.03. The Morgan fingerprint density at radius 2 is 2.36 bits per heavy atom. The Balaban J connectivity index is 3.47. The van der Waals surface area contributed by atoms with E-state index in [1.54, 1.807) is 12.9 Å². The predicted octanol–water partition coefficient (Wildman–Crippen LogP) is 0.884. The van der Waals surface area contributed by atoms with Crippen molar-refractivity contribution in [2.75, 3.05) is 6.61 Å². The smallest absolute Gasteiger partial charge is 0.333 e. The van der Waals surface area contributed by atoms with E-state index in [2.05, 4.69) is 11.3 Å². The van der Waals surface area contributed by atoms with Crippen molar-refractivity contribution in [3.8, 4) is 0 Å². The first-order chi connectivity index (χ1) is 5.18. The number of carbonyl (C=O) groups excluding carboxylic acids is 2. The highest BCUT2D eigenvalue weighted by Crippen LogP contribution is 1.92. The van der Waals surface area contributed by atoms with Gasteiger partial charge in [0.2, 0.25) is 0 Å². The summed E-state index contributed by atoms with van der Waals surface area (Å²) in [4.78, 5) is 20.3. The van der Waals surface area contributed by atoms with Gasteiger partial charge in [-0.05, 0) is 6.92 Å². The molecule has 0 aliphatic carbocycles. The topological polar surface area (TPSA) is 43.4 Å². The van der Waals surface area contributed by atoms with E-state index in [1.165, 1.54) is 6.08 Å². The van der Waals surface area contributed by atoms with Crippen LogP contribution in [0, 0.1) is 0 Å². The molecule has 0 aromatic carbocycles. The van der Waals surface area contributed by atoms with E-state index in [0.29, 0.717) is 12.0 Å². The summed E-state index contributed by atoms with van der Waals surface area (Å²) in [5, 5.41) is 0. The molecule has 0 saturated heterocycles. The number of esters is 1. The second kappa shape index (κ2) is 5.45. The van der Waals surface area contributed by atoms with Gasteiger partial charge < -0.3 is 4.74 Å². The molecule has 0 unspecified atom stereocenters. The Labute approximate surface area is 65.4 Å². The standard InChI is InChI=1S/C8H10O3/c1-7(2)8(10)11-6-4-3-5-9/h3H,1,4,6H2,2H3. The van der Waals surface area contributed by atoms with Gasteiger partial charge in [0.15, 0.2) is 0 Å². The maximum atomic E-state index is 10.7. The lowest BCUT2D eigenvalue weighted by atomic mass is 10.4. The van der Waals surface area contributed by atoms with Gasteiger partial charge in [0.1, 0.15) is 5.94 Å². The van der Waals surface area contributed by atoms with Gasteiger partial charge in [0, 0.05) is 18.1 Å². The largest absolute Gasteiger partial charge is 0.462 e. The van der Waals surface area contributed by atoms with E-state index in [-0.39, 0.29) is 6.61 Å². The molecule has 3 heteroatoms. The third-order valence-corrected chi connectivity index (χ3v) is 0.927. The van der Waals surface area contributed by atoms with Crippen LogP contribution in [0.2, 0.25) is 0 Å². The first-order valence-electron chi connectivity index (χ1n) is 3.20. The maximum Gasteiger partial charge on any atom is 0.333 e. The molecule has 0 atom stereocenters. The number of hydrogen-bond acceptors (Lipinski definition) is 3. The van der Waals surface area contributed by atoms with E-state index in [0.717, 1.165) is 0 Å². The average Bonchev–Trinajstić information content (AvgIpc) is 1.97.